The number of carbonyl (C=O) groups is 2. The van der Waals surface area contributed by atoms with E-state index in [0.29, 0.717) is 13.1 Å². The molecule has 0 saturated carbocycles. The highest BCUT2D eigenvalue weighted by Crippen LogP contribution is 2.29. The Labute approximate surface area is 118 Å². The second-order valence-electron chi connectivity index (χ2n) is 5.07. The highest BCUT2D eigenvalue weighted by Gasteiger charge is 2.33. The van der Waals surface area contributed by atoms with Crippen LogP contribution >= 0.6 is 0 Å². The number of carbonyl (C=O) groups excluding carboxylic acids is 1. The lowest BCUT2D eigenvalue weighted by Crippen LogP contribution is -2.45. The van der Waals surface area contributed by atoms with Gasteiger partial charge in [-0.2, -0.15) is 0 Å². The van der Waals surface area contributed by atoms with Gasteiger partial charge in [0.1, 0.15) is 6.04 Å². The molecule has 1 heterocycles. The van der Waals surface area contributed by atoms with Crippen molar-refractivity contribution < 1.29 is 14.7 Å². The SMILES string of the molecule is CCN(C)C(=O)CN1CCc2ccccc2C1C(=O)O. The Kier molecular flexibility index (Phi) is 4.39. The maximum atomic E-state index is 12.0. The number of aliphatic carboxylic acids is 1. The lowest BCUT2D eigenvalue weighted by atomic mass is 9.92. The Hall–Kier alpha value is -1.88. The van der Waals surface area contributed by atoms with E-state index in [1.807, 2.05) is 31.2 Å². The molecule has 1 N–H and O–H groups in total. The number of fused-ring (bicyclic) bond motifs is 1. The fraction of sp³-hybridized carbons (Fsp3) is 0.467. The Balaban J connectivity index is 2.23. The molecule has 20 heavy (non-hydrogen) atoms. The molecule has 0 spiro atoms. The van der Waals surface area contributed by atoms with E-state index in [-0.39, 0.29) is 12.5 Å². The molecule has 1 aliphatic heterocycles. The fourth-order valence-corrected chi connectivity index (χ4v) is 2.55. The molecule has 2 rings (SSSR count). The standard InChI is InChI=1S/C15H20N2O3/c1-3-16(2)13(18)10-17-9-8-11-6-4-5-7-12(11)14(17)15(19)20/h4-7,14H,3,8-10H2,1-2H3,(H,19,20). The Bertz CT molecular complexity index is 516. The van der Waals surface area contributed by atoms with Crippen molar-refractivity contribution in [3.8, 4) is 0 Å². The minimum absolute atomic E-state index is 0.0434. The van der Waals surface area contributed by atoms with Gasteiger partial charge in [0.05, 0.1) is 6.54 Å². The van der Waals surface area contributed by atoms with Gasteiger partial charge in [-0.1, -0.05) is 24.3 Å². The number of amides is 1. The van der Waals surface area contributed by atoms with Gasteiger partial charge >= 0.3 is 5.97 Å². The van der Waals surface area contributed by atoms with Crippen LogP contribution in [0.3, 0.4) is 0 Å². The largest absolute Gasteiger partial charge is 0.480 e. The molecule has 1 amide bonds. The van der Waals surface area contributed by atoms with Gasteiger partial charge in [-0.25, -0.2) is 0 Å². The fourth-order valence-electron chi connectivity index (χ4n) is 2.55. The van der Waals surface area contributed by atoms with Crippen LogP contribution in [-0.4, -0.2) is 53.5 Å². The minimum atomic E-state index is -0.899. The summed E-state index contributed by atoms with van der Waals surface area (Å²) >= 11 is 0. The lowest BCUT2D eigenvalue weighted by molar-refractivity contribution is -0.145. The molecule has 0 saturated heterocycles. The molecule has 5 nitrogen and oxygen atoms in total. The Morgan fingerprint density at radius 2 is 2.10 bits per heavy atom. The summed E-state index contributed by atoms with van der Waals surface area (Å²) in [6.45, 7) is 3.27. The number of hydrogen-bond acceptors (Lipinski definition) is 3. The number of carboxylic acids is 1. The first kappa shape index (κ1) is 14.5. The predicted octanol–water partition coefficient (Wildman–Crippen LogP) is 1.15. The molecule has 1 aromatic rings. The smallest absolute Gasteiger partial charge is 0.325 e. The zero-order valence-corrected chi connectivity index (χ0v) is 11.9. The molecule has 1 aromatic carbocycles. The van der Waals surface area contributed by atoms with Crippen molar-refractivity contribution >= 4 is 11.9 Å². The van der Waals surface area contributed by atoms with Gasteiger partial charge in [0, 0.05) is 20.1 Å². The van der Waals surface area contributed by atoms with Gasteiger partial charge in [0.15, 0.2) is 0 Å². The number of hydrogen-bond donors (Lipinski definition) is 1. The maximum absolute atomic E-state index is 12.0. The molecule has 0 fully saturated rings. The first-order valence-electron chi connectivity index (χ1n) is 6.83. The maximum Gasteiger partial charge on any atom is 0.325 e. The van der Waals surface area contributed by atoms with Gasteiger partial charge in [-0.15, -0.1) is 0 Å². The van der Waals surface area contributed by atoms with E-state index < -0.39 is 12.0 Å². The number of rotatable bonds is 4. The normalized spacial score (nSPS) is 18.4. The van der Waals surface area contributed by atoms with E-state index in [1.54, 1.807) is 16.8 Å². The average molecular weight is 276 g/mol. The number of carboxylic acid groups (broad SMARTS) is 1. The molecule has 1 atom stereocenters. The van der Waals surface area contributed by atoms with E-state index in [0.717, 1.165) is 17.5 Å². The first-order valence-corrected chi connectivity index (χ1v) is 6.83. The number of benzene rings is 1. The van der Waals surface area contributed by atoms with Crippen LogP contribution in [0.15, 0.2) is 24.3 Å². The van der Waals surface area contributed by atoms with Crippen molar-refractivity contribution in [3.63, 3.8) is 0 Å². The topological polar surface area (TPSA) is 60.9 Å². The summed E-state index contributed by atoms with van der Waals surface area (Å²) in [6, 6.07) is 6.84. The third kappa shape index (κ3) is 2.82. The van der Waals surface area contributed by atoms with Crippen LogP contribution < -0.4 is 0 Å². The summed E-state index contributed by atoms with van der Waals surface area (Å²) in [7, 11) is 1.73. The van der Waals surface area contributed by atoms with E-state index in [1.165, 1.54) is 0 Å². The molecule has 108 valence electrons. The van der Waals surface area contributed by atoms with Crippen LogP contribution in [0.4, 0.5) is 0 Å². The van der Waals surface area contributed by atoms with Crippen LogP contribution in [0.1, 0.15) is 24.1 Å². The second kappa shape index (κ2) is 6.05. The molecule has 0 aliphatic carbocycles. The van der Waals surface area contributed by atoms with Crippen molar-refractivity contribution in [3.05, 3.63) is 35.4 Å². The molecular weight excluding hydrogens is 256 g/mol. The van der Waals surface area contributed by atoms with Crippen molar-refractivity contribution in [1.29, 1.82) is 0 Å². The van der Waals surface area contributed by atoms with Crippen LogP contribution in [0.2, 0.25) is 0 Å². The zero-order chi connectivity index (χ0) is 14.7. The summed E-state index contributed by atoms with van der Waals surface area (Å²) in [6.07, 6.45) is 0.781. The van der Waals surface area contributed by atoms with Crippen LogP contribution in [0.25, 0.3) is 0 Å². The third-order valence-corrected chi connectivity index (χ3v) is 3.86. The predicted molar refractivity (Wildman–Crippen MR) is 75.4 cm³/mol. The highest BCUT2D eigenvalue weighted by atomic mass is 16.4. The quantitative estimate of drug-likeness (QED) is 0.896. The van der Waals surface area contributed by atoms with Crippen molar-refractivity contribution in [2.45, 2.75) is 19.4 Å². The van der Waals surface area contributed by atoms with E-state index >= 15 is 0 Å². The monoisotopic (exact) mass is 276 g/mol. The molecule has 1 unspecified atom stereocenters. The summed E-state index contributed by atoms with van der Waals surface area (Å²) < 4.78 is 0. The van der Waals surface area contributed by atoms with Gasteiger partial charge in [-0.05, 0) is 24.5 Å². The van der Waals surface area contributed by atoms with Crippen LogP contribution in [0.5, 0.6) is 0 Å². The van der Waals surface area contributed by atoms with Gasteiger partial charge in [0.2, 0.25) is 5.91 Å². The second-order valence-corrected chi connectivity index (χ2v) is 5.07. The summed E-state index contributed by atoms with van der Waals surface area (Å²) in [5.74, 6) is -0.942. The average Bonchev–Trinajstić information content (AvgIpc) is 2.45. The molecule has 0 radical (unpaired) electrons. The van der Waals surface area contributed by atoms with Crippen molar-refractivity contribution in [2.75, 3.05) is 26.7 Å². The van der Waals surface area contributed by atoms with Crippen LogP contribution in [0, 0.1) is 0 Å². The van der Waals surface area contributed by atoms with E-state index in [2.05, 4.69) is 0 Å². The number of likely N-dealkylation sites (N-methyl/N-ethyl adjacent to an activating group) is 1. The summed E-state index contributed by atoms with van der Waals surface area (Å²) in [5, 5.41) is 9.50. The van der Waals surface area contributed by atoms with Crippen molar-refractivity contribution in [2.24, 2.45) is 0 Å². The molecule has 0 aromatic heterocycles. The highest BCUT2D eigenvalue weighted by molar-refractivity contribution is 5.81. The summed E-state index contributed by atoms with van der Waals surface area (Å²) in [5.41, 5.74) is 1.87. The molecule has 0 bridgehead atoms. The van der Waals surface area contributed by atoms with E-state index in [4.69, 9.17) is 0 Å². The Morgan fingerprint density at radius 1 is 1.40 bits per heavy atom. The van der Waals surface area contributed by atoms with E-state index in [9.17, 15) is 14.7 Å². The van der Waals surface area contributed by atoms with Gasteiger partial charge in [-0.3, -0.25) is 14.5 Å². The minimum Gasteiger partial charge on any atom is -0.480 e. The van der Waals surface area contributed by atoms with Gasteiger partial charge < -0.3 is 10.0 Å². The first-order chi connectivity index (χ1) is 9.54. The van der Waals surface area contributed by atoms with Gasteiger partial charge in [0.25, 0.3) is 0 Å². The van der Waals surface area contributed by atoms with Crippen LogP contribution in [-0.2, 0) is 16.0 Å². The summed E-state index contributed by atoms with van der Waals surface area (Å²) in [4.78, 5) is 27.0. The molecule has 5 heteroatoms. The third-order valence-electron chi connectivity index (χ3n) is 3.86. The Morgan fingerprint density at radius 3 is 2.75 bits per heavy atom. The lowest BCUT2D eigenvalue weighted by Gasteiger charge is -2.34. The number of nitrogens with zero attached hydrogens (tertiary/aromatic N) is 2. The van der Waals surface area contributed by atoms with Crippen molar-refractivity contribution in [1.82, 2.24) is 9.80 Å². The zero-order valence-electron chi connectivity index (χ0n) is 11.9. The molecule has 1 aliphatic rings. The molecular formula is C15H20N2O3.